The first-order valence-corrected chi connectivity index (χ1v) is 5.95. The molecule has 1 amide bonds. The molecule has 1 aromatic rings. The fourth-order valence-corrected chi connectivity index (χ4v) is 1.70. The van der Waals surface area contributed by atoms with Gasteiger partial charge in [-0.15, -0.1) is 11.3 Å². The summed E-state index contributed by atoms with van der Waals surface area (Å²) in [6.45, 7) is 1.79. The SMILES string of the molecule is CN(C)CCCCNC(=O)c1cscn1. The topological polar surface area (TPSA) is 45.2 Å². The monoisotopic (exact) mass is 227 g/mol. The number of hydrogen-bond acceptors (Lipinski definition) is 4. The summed E-state index contributed by atoms with van der Waals surface area (Å²) in [5.41, 5.74) is 2.19. The van der Waals surface area contributed by atoms with Crippen molar-refractivity contribution in [1.29, 1.82) is 0 Å². The Bertz CT molecular complexity index is 285. The van der Waals surface area contributed by atoms with E-state index < -0.39 is 0 Å². The van der Waals surface area contributed by atoms with Gasteiger partial charge in [0.1, 0.15) is 5.69 Å². The van der Waals surface area contributed by atoms with Gasteiger partial charge >= 0.3 is 0 Å². The molecule has 0 bridgehead atoms. The molecule has 1 aromatic heterocycles. The van der Waals surface area contributed by atoms with Crippen molar-refractivity contribution < 1.29 is 4.79 Å². The highest BCUT2D eigenvalue weighted by atomic mass is 32.1. The highest BCUT2D eigenvalue weighted by Crippen LogP contribution is 2.00. The molecule has 0 aliphatic rings. The van der Waals surface area contributed by atoms with Crippen LogP contribution < -0.4 is 5.32 Å². The van der Waals surface area contributed by atoms with Crippen LogP contribution in [0.1, 0.15) is 23.3 Å². The van der Waals surface area contributed by atoms with Gasteiger partial charge in [0, 0.05) is 11.9 Å². The van der Waals surface area contributed by atoms with E-state index in [1.54, 1.807) is 10.9 Å². The average molecular weight is 227 g/mol. The van der Waals surface area contributed by atoms with E-state index in [4.69, 9.17) is 0 Å². The van der Waals surface area contributed by atoms with Crippen molar-refractivity contribution in [2.24, 2.45) is 0 Å². The van der Waals surface area contributed by atoms with Gasteiger partial charge in [-0.2, -0.15) is 0 Å². The first-order valence-electron chi connectivity index (χ1n) is 5.01. The molecule has 1 N–H and O–H groups in total. The smallest absolute Gasteiger partial charge is 0.270 e. The van der Waals surface area contributed by atoms with E-state index in [0.717, 1.165) is 25.9 Å². The van der Waals surface area contributed by atoms with Gasteiger partial charge in [0.15, 0.2) is 0 Å². The molecule has 1 rings (SSSR count). The summed E-state index contributed by atoms with van der Waals surface area (Å²) in [5, 5.41) is 4.60. The molecule has 0 saturated heterocycles. The van der Waals surface area contributed by atoms with Crippen LogP contribution in [-0.4, -0.2) is 43.0 Å². The molecule has 0 saturated carbocycles. The Kier molecular flexibility index (Phi) is 5.28. The quantitative estimate of drug-likeness (QED) is 0.743. The maximum absolute atomic E-state index is 11.4. The Morgan fingerprint density at radius 1 is 1.53 bits per heavy atom. The van der Waals surface area contributed by atoms with E-state index in [9.17, 15) is 4.79 Å². The summed E-state index contributed by atoms with van der Waals surface area (Å²) >= 11 is 1.44. The van der Waals surface area contributed by atoms with Crippen molar-refractivity contribution in [2.75, 3.05) is 27.2 Å². The molecule has 84 valence electrons. The second kappa shape index (κ2) is 6.53. The average Bonchev–Trinajstić information content (AvgIpc) is 2.69. The second-order valence-corrected chi connectivity index (χ2v) is 4.36. The summed E-state index contributed by atoms with van der Waals surface area (Å²) in [4.78, 5) is 17.5. The molecule has 0 spiro atoms. The van der Waals surface area contributed by atoms with Crippen molar-refractivity contribution in [1.82, 2.24) is 15.2 Å². The standard InChI is InChI=1S/C10H17N3OS/c1-13(2)6-4-3-5-11-10(14)9-7-15-8-12-9/h7-8H,3-6H2,1-2H3,(H,11,14). The summed E-state index contributed by atoms with van der Waals surface area (Å²) in [6, 6.07) is 0. The Labute approximate surface area is 94.3 Å². The zero-order chi connectivity index (χ0) is 11.1. The second-order valence-electron chi connectivity index (χ2n) is 3.64. The van der Waals surface area contributed by atoms with Crippen LogP contribution >= 0.6 is 11.3 Å². The van der Waals surface area contributed by atoms with E-state index in [2.05, 4.69) is 15.2 Å². The minimum absolute atomic E-state index is 0.0684. The van der Waals surface area contributed by atoms with Gasteiger partial charge in [-0.05, 0) is 33.5 Å². The van der Waals surface area contributed by atoms with Crippen molar-refractivity contribution >= 4 is 17.2 Å². The lowest BCUT2D eigenvalue weighted by atomic mass is 10.3. The zero-order valence-corrected chi connectivity index (χ0v) is 10.0. The number of aromatic nitrogens is 1. The van der Waals surface area contributed by atoms with Gasteiger partial charge < -0.3 is 10.2 Å². The number of amides is 1. The van der Waals surface area contributed by atoms with Crippen LogP contribution in [0.15, 0.2) is 10.9 Å². The predicted octanol–water partition coefficient (Wildman–Crippen LogP) is 1.21. The van der Waals surface area contributed by atoms with E-state index in [1.807, 2.05) is 14.1 Å². The van der Waals surface area contributed by atoms with Gasteiger partial charge in [-0.3, -0.25) is 4.79 Å². The summed E-state index contributed by atoms with van der Waals surface area (Å²) < 4.78 is 0. The highest BCUT2D eigenvalue weighted by Gasteiger charge is 2.05. The molecule has 0 fully saturated rings. The number of rotatable bonds is 6. The molecule has 0 unspecified atom stereocenters. The number of unbranched alkanes of at least 4 members (excludes halogenated alkanes) is 1. The number of nitrogens with one attached hydrogen (secondary N) is 1. The molecule has 4 nitrogen and oxygen atoms in total. The van der Waals surface area contributed by atoms with Crippen molar-refractivity contribution in [3.8, 4) is 0 Å². The van der Waals surface area contributed by atoms with E-state index >= 15 is 0 Å². The normalized spacial score (nSPS) is 10.6. The lowest BCUT2D eigenvalue weighted by Gasteiger charge is -2.08. The molecule has 0 aliphatic heterocycles. The molecule has 15 heavy (non-hydrogen) atoms. The van der Waals surface area contributed by atoms with Gasteiger partial charge in [0.25, 0.3) is 5.91 Å². The number of hydrogen-bond donors (Lipinski definition) is 1. The minimum atomic E-state index is -0.0684. The largest absolute Gasteiger partial charge is 0.351 e. The van der Waals surface area contributed by atoms with E-state index in [1.165, 1.54) is 11.3 Å². The van der Waals surface area contributed by atoms with E-state index in [0.29, 0.717) is 5.69 Å². The van der Waals surface area contributed by atoms with Crippen LogP contribution in [0.5, 0.6) is 0 Å². The van der Waals surface area contributed by atoms with Crippen LogP contribution in [0.3, 0.4) is 0 Å². The maximum Gasteiger partial charge on any atom is 0.270 e. The third kappa shape index (κ3) is 4.90. The Morgan fingerprint density at radius 2 is 2.33 bits per heavy atom. The number of carbonyl (C=O) groups is 1. The molecule has 0 aliphatic carbocycles. The van der Waals surface area contributed by atoms with Gasteiger partial charge in [-0.1, -0.05) is 0 Å². The first kappa shape index (κ1) is 12.1. The summed E-state index contributed by atoms with van der Waals surface area (Å²) in [5.74, 6) is -0.0684. The van der Waals surface area contributed by atoms with Crippen molar-refractivity contribution in [3.63, 3.8) is 0 Å². The fraction of sp³-hybridized carbons (Fsp3) is 0.600. The number of nitrogens with zero attached hydrogens (tertiary/aromatic N) is 2. The Balaban J connectivity index is 2.08. The van der Waals surface area contributed by atoms with Crippen molar-refractivity contribution in [2.45, 2.75) is 12.8 Å². The predicted molar refractivity (Wildman–Crippen MR) is 62.2 cm³/mol. The Morgan fingerprint density at radius 3 is 2.93 bits per heavy atom. The van der Waals surface area contributed by atoms with Crippen LogP contribution in [0.4, 0.5) is 0 Å². The lowest BCUT2D eigenvalue weighted by molar-refractivity contribution is 0.0948. The molecular formula is C10H17N3OS. The number of thiazole rings is 1. The highest BCUT2D eigenvalue weighted by molar-refractivity contribution is 7.07. The third-order valence-electron chi connectivity index (χ3n) is 1.98. The first-order chi connectivity index (χ1) is 7.20. The van der Waals surface area contributed by atoms with Crippen LogP contribution in [0.25, 0.3) is 0 Å². The van der Waals surface area contributed by atoms with Gasteiger partial charge in [-0.25, -0.2) is 4.98 Å². The third-order valence-corrected chi connectivity index (χ3v) is 2.57. The molecular weight excluding hydrogens is 210 g/mol. The van der Waals surface area contributed by atoms with Gasteiger partial charge in [0.2, 0.25) is 0 Å². The summed E-state index contributed by atoms with van der Waals surface area (Å²) in [6.07, 6.45) is 2.11. The van der Waals surface area contributed by atoms with E-state index in [-0.39, 0.29) is 5.91 Å². The minimum Gasteiger partial charge on any atom is -0.351 e. The van der Waals surface area contributed by atoms with Crippen LogP contribution in [0, 0.1) is 0 Å². The van der Waals surface area contributed by atoms with Crippen LogP contribution in [-0.2, 0) is 0 Å². The fourth-order valence-electron chi connectivity index (χ4n) is 1.17. The molecule has 0 aromatic carbocycles. The van der Waals surface area contributed by atoms with Crippen molar-refractivity contribution in [3.05, 3.63) is 16.6 Å². The zero-order valence-electron chi connectivity index (χ0n) is 9.19. The molecule has 0 radical (unpaired) electrons. The molecule has 0 atom stereocenters. The van der Waals surface area contributed by atoms with Crippen LogP contribution in [0.2, 0.25) is 0 Å². The maximum atomic E-state index is 11.4. The molecule has 5 heteroatoms. The Hall–Kier alpha value is -0.940. The number of carbonyl (C=O) groups excluding carboxylic acids is 1. The van der Waals surface area contributed by atoms with Gasteiger partial charge in [0.05, 0.1) is 5.51 Å². The lowest BCUT2D eigenvalue weighted by Crippen LogP contribution is -2.25. The summed E-state index contributed by atoms with van der Waals surface area (Å²) in [7, 11) is 4.10. The molecule has 1 heterocycles.